The van der Waals surface area contributed by atoms with Gasteiger partial charge in [-0.25, -0.2) is 0 Å². The molecule has 3 aromatic rings. The second kappa shape index (κ2) is 13.3. The van der Waals surface area contributed by atoms with Crippen LogP contribution in [0.25, 0.3) is 0 Å². The molecule has 0 bridgehead atoms. The molecule has 0 radical (unpaired) electrons. The highest BCUT2D eigenvalue weighted by atomic mass is 16.5. The van der Waals surface area contributed by atoms with E-state index in [1.807, 2.05) is 60.7 Å². The summed E-state index contributed by atoms with van der Waals surface area (Å²) in [7, 11) is 1.64. The van der Waals surface area contributed by atoms with Crippen molar-refractivity contribution >= 4 is 11.8 Å². The topological polar surface area (TPSA) is 58.6 Å². The van der Waals surface area contributed by atoms with Crippen LogP contribution in [0.4, 0.5) is 0 Å². The van der Waals surface area contributed by atoms with Gasteiger partial charge in [0.15, 0.2) is 0 Å². The van der Waals surface area contributed by atoms with Crippen LogP contribution in [0.15, 0.2) is 72.8 Å². The van der Waals surface area contributed by atoms with E-state index in [0.717, 1.165) is 53.7 Å². The number of benzene rings is 3. The van der Waals surface area contributed by atoms with Crippen molar-refractivity contribution in [2.45, 2.75) is 77.4 Å². The molecule has 1 aliphatic rings. The Bertz CT molecular complexity index is 1220. The maximum Gasteiger partial charge on any atom is 0.243 e. The number of nitrogens with one attached hydrogen (secondary N) is 1. The minimum Gasteiger partial charge on any atom is -0.497 e. The van der Waals surface area contributed by atoms with E-state index >= 15 is 0 Å². The van der Waals surface area contributed by atoms with Gasteiger partial charge in [0.2, 0.25) is 11.8 Å². The Morgan fingerprint density at radius 2 is 1.61 bits per heavy atom. The van der Waals surface area contributed by atoms with Gasteiger partial charge in [-0.3, -0.25) is 9.59 Å². The van der Waals surface area contributed by atoms with E-state index in [0.29, 0.717) is 13.0 Å². The zero-order valence-corrected chi connectivity index (χ0v) is 22.9. The number of rotatable bonds is 10. The first-order valence-corrected chi connectivity index (χ1v) is 13.8. The van der Waals surface area contributed by atoms with E-state index in [1.54, 1.807) is 12.0 Å². The quantitative estimate of drug-likeness (QED) is 0.366. The summed E-state index contributed by atoms with van der Waals surface area (Å²) in [6.45, 7) is 4.46. The highest BCUT2D eigenvalue weighted by molar-refractivity contribution is 5.89. The number of carbonyl (C=O) groups is 2. The second-order valence-electron chi connectivity index (χ2n) is 10.5. The van der Waals surface area contributed by atoms with Crippen molar-refractivity contribution in [3.63, 3.8) is 0 Å². The number of ether oxygens (including phenoxy) is 1. The summed E-state index contributed by atoms with van der Waals surface area (Å²) in [5.74, 6) is 0.600. The van der Waals surface area contributed by atoms with Crippen molar-refractivity contribution in [3.8, 4) is 5.75 Å². The molecule has 1 atom stereocenters. The maximum atomic E-state index is 14.0. The first-order valence-electron chi connectivity index (χ1n) is 13.8. The van der Waals surface area contributed by atoms with Gasteiger partial charge in [-0.2, -0.15) is 0 Å². The molecule has 0 aliphatic heterocycles. The molecule has 1 N–H and O–H groups in total. The Morgan fingerprint density at radius 1 is 0.868 bits per heavy atom. The largest absolute Gasteiger partial charge is 0.497 e. The highest BCUT2D eigenvalue weighted by Gasteiger charge is 2.32. The third-order valence-electron chi connectivity index (χ3n) is 7.64. The zero-order chi connectivity index (χ0) is 26.9. The Kier molecular flexibility index (Phi) is 9.58. The Labute approximate surface area is 227 Å². The SMILES string of the molecule is COc1cccc(CN(C(=O)Cc2ccc(C)c(C)c2)[C@H](Cc2ccccc2)C(=O)NC2CCCCC2)c1. The molecule has 200 valence electrons. The fourth-order valence-electron chi connectivity index (χ4n) is 5.26. The number of carbonyl (C=O) groups excluding carboxylic acids is 2. The van der Waals surface area contributed by atoms with Crippen LogP contribution in [-0.4, -0.2) is 35.9 Å². The predicted octanol–water partition coefficient (Wildman–Crippen LogP) is 5.94. The number of hydrogen-bond acceptors (Lipinski definition) is 3. The summed E-state index contributed by atoms with van der Waals surface area (Å²) < 4.78 is 5.44. The van der Waals surface area contributed by atoms with Gasteiger partial charge in [0.05, 0.1) is 13.5 Å². The fraction of sp³-hybridized carbons (Fsp3) is 0.394. The van der Waals surface area contributed by atoms with Gasteiger partial charge < -0.3 is 15.0 Å². The second-order valence-corrected chi connectivity index (χ2v) is 10.5. The molecule has 0 heterocycles. The van der Waals surface area contributed by atoms with E-state index < -0.39 is 6.04 Å². The van der Waals surface area contributed by atoms with Gasteiger partial charge >= 0.3 is 0 Å². The van der Waals surface area contributed by atoms with E-state index in [1.165, 1.54) is 12.0 Å². The van der Waals surface area contributed by atoms with Crippen molar-refractivity contribution < 1.29 is 14.3 Å². The van der Waals surface area contributed by atoms with Crippen molar-refractivity contribution in [1.29, 1.82) is 0 Å². The van der Waals surface area contributed by atoms with Gasteiger partial charge in [0, 0.05) is 19.0 Å². The van der Waals surface area contributed by atoms with Gasteiger partial charge in [0.25, 0.3) is 0 Å². The number of methoxy groups -OCH3 is 1. The highest BCUT2D eigenvalue weighted by Crippen LogP contribution is 2.22. The lowest BCUT2D eigenvalue weighted by molar-refractivity contribution is -0.141. The third-order valence-corrected chi connectivity index (χ3v) is 7.64. The number of aryl methyl sites for hydroxylation is 2. The predicted molar refractivity (Wildman–Crippen MR) is 152 cm³/mol. The van der Waals surface area contributed by atoms with Crippen LogP contribution in [0.1, 0.15) is 59.9 Å². The lowest BCUT2D eigenvalue weighted by Crippen LogP contribution is -2.53. The van der Waals surface area contributed by atoms with Gasteiger partial charge in [-0.1, -0.05) is 79.9 Å². The molecule has 5 nitrogen and oxygen atoms in total. The number of amides is 2. The molecule has 0 saturated heterocycles. The van der Waals surface area contributed by atoms with Crippen LogP contribution in [0, 0.1) is 13.8 Å². The van der Waals surface area contributed by atoms with Crippen molar-refractivity contribution in [3.05, 3.63) is 101 Å². The standard InChI is InChI=1S/C33H40N2O3/c1-24-17-18-27(19-25(24)2)22-32(36)35(23-28-13-10-16-30(20-28)38-3)31(21-26-11-6-4-7-12-26)33(37)34-29-14-8-5-9-15-29/h4,6-7,10-13,16-20,29,31H,5,8-9,14-15,21-23H2,1-3H3,(H,34,37)/t31-/m1/s1. The average Bonchev–Trinajstić information content (AvgIpc) is 2.94. The summed E-state index contributed by atoms with van der Waals surface area (Å²) in [4.78, 5) is 29.7. The molecule has 4 rings (SSSR count). The minimum absolute atomic E-state index is 0.0594. The van der Waals surface area contributed by atoms with Gasteiger partial charge in [0.1, 0.15) is 11.8 Å². The summed E-state index contributed by atoms with van der Waals surface area (Å²) >= 11 is 0. The minimum atomic E-state index is -0.621. The lowest BCUT2D eigenvalue weighted by atomic mass is 9.94. The molecule has 0 unspecified atom stereocenters. The summed E-state index contributed by atoms with van der Waals surface area (Å²) in [5.41, 5.74) is 5.28. The lowest BCUT2D eigenvalue weighted by Gasteiger charge is -2.33. The molecule has 3 aromatic carbocycles. The van der Waals surface area contributed by atoms with E-state index in [9.17, 15) is 9.59 Å². The van der Waals surface area contributed by atoms with Crippen LogP contribution in [0.2, 0.25) is 0 Å². The third kappa shape index (κ3) is 7.47. The molecule has 0 spiro atoms. The molecule has 0 aromatic heterocycles. The normalized spacial score (nSPS) is 14.5. The monoisotopic (exact) mass is 512 g/mol. The number of nitrogens with zero attached hydrogens (tertiary/aromatic N) is 1. The van der Waals surface area contributed by atoms with E-state index in [4.69, 9.17) is 4.74 Å². The molecule has 2 amide bonds. The van der Waals surface area contributed by atoms with Crippen LogP contribution in [0.3, 0.4) is 0 Å². The van der Waals surface area contributed by atoms with Crippen molar-refractivity contribution in [2.24, 2.45) is 0 Å². The first kappa shape index (κ1) is 27.4. The molecule has 5 heteroatoms. The van der Waals surface area contributed by atoms with Crippen LogP contribution < -0.4 is 10.1 Å². The summed E-state index contributed by atoms with van der Waals surface area (Å²) in [6, 6.07) is 23.4. The smallest absolute Gasteiger partial charge is 0.243 e. The van der Waals surface area contributed by atoms with E-state index in [2.05, 4.69) is 31.3 Å². The Hall–Kier alpha value is -3.60. The number of hydrogen-bond donors (Lipinski definition) is 1. The van der Waals surface area contributed by atoms with Crippen molar-refractivity contribution in [1.82, 2.24) is 10.2 Å². The summed E-state index contributed by atoms with van der Waals surface area (Å²) in [6.07, 6.45) is 6.18. The van der Waals surface area contributed by atoms with E-state index in [-0.39, 0.29) is 24.3 Å². The molecule has 1 saturated carbocycles. The molecule has 38 heavy (non-hydrogen) atoms. The van der Waals surface area contributed by atoms with Gasteiger partial charge in [-0.15, -0.1) is 0 Å². The maximum absolute atomic E-state index is 14.0. The Balaban J connectivity index is 1.67. The fourth-order valence-corrected chi connectivity index (χ4v) is 5.26. The average molecular weight is 513 g/mol. The van der Waals surface area contributed by atoms with Crippen LogP contribution in [0.5, 0.6) is 5.75 Å². The molecule has 1 fully saturated rings. The van der Waals surface area contributed by atoms with Gasteiger partial charge in [-0.05, 0) is 66.6 Å². The zero-order valence-electron chi connectivity index (χ0n) is 22.9. The van der Waals surface area contributed by atoms with Crippen molar-refractivity contribution in [2.75, 3.05) is 7.11 Å². The molecular formula is C33H40N2O3. The first-order chi connectivity index (χ1) is 18.4. The van der Waals surface area contributed by atoms with Crippen LogP contribution >= 0.6 is 0 Å². The molecular weight excluding hydrogens is 472 g/mol. The van der Waals surface area contributed by atoms with Crippen LogP contribution in [-0.2, 0) is 29.0 Å². The Morgan fingerprint density at radius 3 is 2.32 bits per heavy atom. The summed E-state index contributed by atoms with van der Waals surface area (Å²) in [5, 5.41) is 3.31. The molecule has 1 aliphatic carbocycles.